The number of hydrogen-bond donors (Lipinski definition) is 2. The van der Waals surface area contributed by atoms with E-state index >= 15 is 0 Å². The molecule has 0 aromatic carbocycles. The van der Waals surface area contributed by atoms with E-state index in [0.717, 1.165) is 13.0 Å². The van der Waals surface area contributed by atoms with Gasteiger partial charge in [-0.05, 0) is 18.9 Å². The fourth-order valence-corrected chi connectivity index (χ4v) is 1.82. The third kappa shape index (κ3) is 3.30. The lowest BCUT2D eigenvalue weighted by atomic mass is 10.2. The van der Waals surface area contributed by atoms with Gasteiger partial charge in [-0.1, -0.05) is 0 Å². The molecule has 0 unspecified atom stereocenters. The first kappa shape index (κ1) is 11.6. The smallest absolute Gasteiger partial charge is 0.242 e. The van der Waals surface area contributed by atoms with E-state index in [-0.39, 0.29) is 17.9 Å². The Bertz CT molecular complexity index is 388. The van der Waals surface area contributed by atoms with E-state index in [1.807, 2.05) is 16.9 Å². The van der Waals surface area contributed by atoms with Gasteiger partial charge in [-0.2, -0.15) is 5.10 Å². The predicted molar refractivity (Wildman–Crippen MR) is 61.0 cm³/mol. The van der Waals surface area contributed by atoms with Crippen molar-refractivity contribution in [1.82, 2.24) is 20.4 Å². The molecule has 1 aromatic rings. The van der Waals surface area contributed by atoms with Crippen molar-refractivity contribution >= 4 is 11.8 Å². The van der Waals surface area contributed by atoms with Crippen LogP contribution in [0.3, 0.4) is 0 Å². The number of aromatic nitrogens is 2. The summed E-state index contributed by atoms with van der Waals surface area (Å²) in [5, 5.41) is 9.52. The van der Waals surface area contributed by atoms with Gasteiger partial charge in [0.1, 0.15) is 6.04 Å². The summed E-state index contributed by atoms with van der Waals surface area (Å²) >= 11 is 0. The van der Waals surface area contributed by atoms with Crippen LogP contribution < -0.4 is 10.6 Å². The molecule has 6 heteroatoms. The summed E-state index contributed by atoms with van der Waals surface area (Å²) in [6.07, 6.45) is 5.49. The Balaban J connectivity index is 1.62. The van der Waals surface area contributed by atoms with E-state index in [9.17, 15) is 9.59 Å². The molecular weight excluding hydrogens is 220 g/mol. The lowest BCUT2D eigenvalue weighted by Crippen LogP contribution is -2.42. The molecule has 1 fully saturated rings. The Labute approximate surface area is 99.4 Å². The lowest BCUT2D eigenvalue weighted by molar-refractivity contribution is -0.125. The van der Waals surface area contributed by atoms with E-state index in [2.05, 4.69) is 15.7 Å². The summed E-state index contributed by atoms with van der Waals surface area (Å²) < 4.78 is 1.82. The highest BCUT2D eigenvalue weighted by atomic mass is 16.2. The van der Waals surface area contributed by atoms with Crippen LogP contribution in [0.2, 0.25) is 0 Å². The maximum Gasteiger partial charge on any atom is 0.242 e. The van der Waals surface area contributed by atoms with Crippen LogP contribution in [0.4, 0.5) is 0 Å². The quantitative estimate of drug-likeness (QED) is 0.687. The van der Waals surface area contributed by atoms with E-state index in [0.29, 0.717) is 19.4 Å². The number of aryl methyl sites for hydroxylation is 1. The van der Waals surface area contributed by atoms with Gasteiger partial charge in [-0.25, -0.2) is 0 Å². The van der Waals surface area contributed by atoms with E-state index < -0.39 is 0 Å². The summed E-state index contributed by atoms with van der Waals surface area (Å²) in [6, 6.07) is 1.53. The second-order valence-corrected chi connectivity index (χ2v) is 4.07. The van der Waals surface area contributed by atoms with Crippen LogP contribution in [0.1, 0.15) is 19.3 Å². The summed E-state index contributed by atoms with van der Waals surface area (Å²) in [6.45, 7) is 1.38. The van der Waals surface area contributed by atoms with E-state index in [1.165, 1.54) is 0 Å². The SMILES string of the molecule is O=C1CC[C@H](C(=O)NCCCn2cccn2)N1. The Morgan fingerprint density at radius 3 is 3.18 bits per heavy atom. The van der Waals surface area contributed by atoms with E-state index in [1.54, 1.807) is 6.20 Å². The second kappa shape index (κ2) is 5.47. The van der Waals surface area contributed by atoms with Crippen molar-refractivity contribution in [3.8, 4) is 0 Å². The molecule has 0 bridgehead atoms. The molecule has 2 heterocycles. The van der Waals surface area contributed by atoms with Crippen LogP contribution in [0.5, 0.6) is 0 Å². The van der Waals surface area contributed by atoms with Crippen LogP contribution in [-0.4, -0.2) is 34.2 Å². The molecule has 1 saturated heterocycles. The molecule has 1 aliphatic rings. The van der Waals surface area contributed by atoms with Gasteiger partial charge >= 0.3 is 0 Å². The number of rotatable bonds is 5. The molecule has 1 aliphatic heterocycles. The van der Waals surface area contributed by atoms with Gasteiger partial charge in [0.15, 0.2) is 0 Å². The van der Waals surface area contributed by atoms with Crippen molar-refractivity contribution in [3.63, 3.8) is 0 Å². The van der Waals surface area contributed by atoms with Gasteiger partial charge in [0, 0.05) is 31.9 Å². The minimum absolute atomic E-state index is 0.0401. The number of carbonyl (C=O) groups is 2. The van der Waals surface area contributed by atoms with Crippen LogP contribution in [-0.2, 0) is 16.1 Å². The summed E-state index contributed by atoms with van der Waals surface area (Å²) in [5.41, 5.74) is 0. The van der Waals surface area contributed by atoms with Gasteiger partial charge < -0.3 is 10.6 Å². The summed E-state index contributed by atoms with van der Waals surface area (Å²) in [7, 11) is 0. The fourth-order valence-electron chi connectivity index (χ4n) is 1.82. The highest BCUT2D eigenvalue weighted by Crippen LogP contribution is 2.05. The van der Waals surface area contributed by atoms with Gasteiger partial charge in [-0.15, -0.1) is 0 Å². The average Bonchev–Trinajstić information content (AvgIpc) is 2.95. The number of hydrogen-bond acceptors (Lipinski definition) is 3. The van der Waals surface area contributed by atoms with Gasteiger partial charge in [-0.3, -0.25) is 14.3 Å². The Kier molecular flexibility index (Phi) is 3.74. The number of amides is 2. The number of nitrogens with one attached hydrogen (secondary N) is 2. The van der Waals surface area contributed by atoms with Crippen molar-refractivity contribution in [2.45, 2.75) is 31.8 Å². The molecule has 0 radical (unpaired) electrons. The van der Waals surface area contributed by atoms with Crippen molar-refractivity contribution in [2.75, 3.05) is 6.54 Å². The van der Waals surface area contributed by atoms with Crippen molar-refractivity contribution in [1.29, 1.82) is 0 Å². The Hall–Kier alpha value is -1.85. The van der Waals surface area contributed by atoms with E-state index in [4.69, 9.17) is 0 Å². The van der Waals surface area contributed by atoms with Gasteiger partial charge in [0.2, 0.25) is 11.8 Å². The highest BCUT2D eigenvalue weighted by molar-refractivity contribution is 5.90. The summed E-state index contributed by atoms with van der Waals surface area (Å²) in [4.78, 5) is 22.5. The molecule has 92 valence electrons. The molecule has 2 N–H and O–H groups in total. The first-order valence-electron chi connectivity index (χ1n) is 5.80. The third-order valence-corrected chi connectivity index (χ3v) is 2.73. The zero-order chi connectivity index (χ0) is 12.1. The zero-order valence-corrected chi connectivity index (χ0v) is 9.56. The largest absolute Gasteiger partial charge is 0.354 e. The monoisotopic (exact) mass is 236 g/mol. The fraction of sp³-hybridized carbons (Fsp3) is 0.545. The van der Waals surface area contributed by atoms with Gasteiger partial charge in [0.25, 0.3) is 0 Å². The minimum atomic E-state index is -0.341. The van der Waals surface area contributed by atoms with Crippen LogP contribution in [0.15, 0.2) is 18.5 Å². The minimum Gasteiger partial charge on any atom is -0.354 e. The maximum absolute atomic E-state index is 11.6. The number of carbonyl (C=O) groups excluding carboxylic acids is 2. The molecule has 0 aliphatic carbocycles. The lowest BCUT2D eigenvalue weighted by Gasteiger charge is -2.10. The molecule has 1 atom stereocenters. The van der Waals surface area contributed by atoms with Crippen LogP contribution in [0, 0.1) is 0 Å². The normalized spacial score (nSPS) is 19.1. The molecule has 6 nitrogen and oxygen atoms in total. The Morgan fingerprint density at radius 1 is 1.65 bits per heavy atom. The van der Waals surface area contributed by atoms with Gasteiger partial charge in [0.05, 0.1) is 0 Å². The van der Waals surface area contributed by atoms with Crippen molar-refractivity contribution in [3.05, 3.63) is 18.5 Å². The highest BCUT2D eigenvalue weighted by Gasteiger charge is 2.26. The molecule has 1 aromatic heterocycles. The predicted octanol–water partition coefficient (Wildman–Crippen LogP) is -0.332. The number of nitrogens with zero attached hydrogens (tertiary/aromatic N) is 2. The van der Waals surface area contributed by atoms with Crippen molar-refractivity contribution in [2.24, 2.45) is 0 Å². The van der Waals surface area contributed by atoms with Crippen molar-refractivity contribution < 1.29 is 9.59 Å². The first-order chi connectivity index (χ1) is 8.25. The Morgan fingerprint density at radius 2 is 2.53 bits per heavy atom. The molecular formula is C11H16N4O2. The molecule has 0 spiro atoms. The topological polar surface area (TPSA) is 76.0 Å². The standard InChI is InChI=1S/C11H16N4O2/c16-10-4-3-9(14-10)11(17)12-5-1-7-15-8-2-6-13-15/h2,6,8-9H,1,3-5,7H2,(H,12,17)(H,14,16)/t9-/m1/s1. The molecule has 2 rings (SSSR count). The molecule has 0 saturated carbocycles. The van der Waals surface area contributed by atoms with Crippen LogP contribution >= 0.6 is 0 Å². The zero-order valence-electron chi connectivity index (χ0n) is 9.56. The van der Waals surface area contributed by atoms with Crippen LogP contribution in [0.25, 0.3) is 0 Å². The maximum atomic E-state index is 11.6. The second-order valence-electron chi connectivity index (χ2n) is 4.07. The first-order valence-corrected chi connectivity index (χ1v) is 5.80. The molecule has 2 amide bonds. The molecule has 17 heavy (non-hydrogen) atoms. The average molecular weight is 236 g/mol. The third-order valence-electron chi connectivity index (χ3n) is 2.73. The summed E-state index contributed by atoms with van der Waals surface area (Å²) in [5.74, 6) is -0.127.